The molecule has 0 aromatic heterocycles. The van der Waals surface area contributed by atoms with Crippen LogP contribution < -0.4 is 0 Å². The predicted molar refractivity (Wildman–Crippen MR) is 57.8 cm³/mol. The van der Waals surface area contributed by atoms with Crippen LogP contribution >= 0.6 is 0 Å². The number of carbonyl (C=O) groups is 2. The molecule has 1 saturated heterocycles. The normalized spacial score (nSPS) is 21.9. The number of esters is 1. The maximum absolute atomic E-state index is 11.6. The van der Waals surface area contributed by atoms with E-state index in [1.165, 1.54) is 12.8 Å². The fourth-order valence-corrected chi connectivity index (χ4v) is 2.05. The van der Waals surface area contributed by atoms with Gasteiger partial charge < -0.3 is 9.64 Å². The van der Waals surface area contributed by atoms with Gasteiger partial charge in [-0.3, -0.25) is 9.69 Å². The molecule has 5 nitrogen and oxygen atoms in total. The molecule has 0 N–H and O–H groups in total. The summed E-state index contributed by atoms with van der Waals surface area (Å²) in [5.74, 6) is -1.21. The van der Waals surface area contributed by atoms with Crippen LogP contribution in [0.25, 0.3) is 0 Å². The highest BCUT2D eigenvalue weighted by Crippen LogP contribution is 2.27. The second-order valence-electron chi connectivity index (χ2n) is 4.28. The maximum atomic E-state index is 11.6. The van der Waals surface area contributed by atoms with Gasteiger partial charge in [0.2, 0.25) is 0 Å². The molecule has 1 aliphatic heterocycles. The van der Waals surface area contributed by atoms with Gasteiger partial charge >= 0.3 is 11.9 Å². The van der Waals surface area contributed by atoms with Crippen molar-refractivity contribution < 1.29 is 14.3 Å². The van der Waals surface area contributed by atoms with E-state index in [2.05, 4.69) is 4.90 Å². The highest BCUT2D eigenvalue weighted by Gasteiger charge is 2.33. The first-order valence-corrected chi connectivity index (χ1v) is 5.92. The molecule has 1 aliphatic carbocycles. The summed E-state index contributed by atoms with van der Waals surface area (Å²) >= 11 is 0. The van der Waals surface area contributed by atoms with Gasteiger partial charge in [0, 0.05) is 32.2 Å². The SMILES string of the molecule is CCOC(=O)C(=O)N1CCN(C2CC2)CC1. The number of hydrogen-bond acceptors (Lipinski definition) is 4. The Labute approximate surface area is 95.3 Å². The number of nitrogens with zero attached hydrogens (tertiary/aromatic N) is 2. The largest absolute Gasteiger partial charge is 0.459 e. The van der Waals surface area contributed by atoms with Gasteiger partial charge in [-0.15, -0.1) is 0 Å². The molecule has 2 fully saturated rings. The minimum absolute atomic E-state index is 0.257. The zero-order valence-electron chi connectivity index (χ0n) is 9.65. The minimum atomic E-state index is -0.720. The Hall–Kier alpha value is -1.10. The Bertz CT molecular complexity index is 281. The summed E-state index contributed by atoms with van der Waals surface area (Å²) in [7, 11) is 0. The molecule has 1 heterocycles. The molecule has 0 radical (unpaired) electrons. The molecule has 0 aromatic carbocycles. The van der Waals surface area contributed by atoms with Crippen molar-refractivity contribution in [1.29, 1.82) is 0 Å². The monoisotopic (exact) mass is 226 g/mol. The summed E-state index contributed by atoms with van der Waals surface area (Å²) in [6.07, 6.45) is 2.57. The molecule has 0 atom stereocenters. The summed E-state index contributed by atoms with van der Waals surface area (Å²) in [5, 5.41) is 0. The number of amides is 1. The quantitative estimate of drug-likeness (QED) is 0.485. The van der Waals surface area contributed by atoms with E-state index in [1.54, 1.807) is 11.8 Å². The molecule has 2 aliphatic rings. The van der Waals surface area contributed by atoms with Crippen LogP contribution in [0.4, 0.5) is 0 Å². The molecule has 90 valence electrons. The number of piperazine rings is 1. The van der Waals surface area contributed by atoms with Crippen LogP contribution in [0.15, 0.2) is 0 Å². The van der Waals surface area contributed by atoms with Gasteiger partial charge in [0.15, 0.2) is 0 Å². The standard InChI is InChI=1S/C11H18N2O3/c1-2-16-11(15)10(14)13-7-5-12(6-8-13)9-3-4-9/h9H,2-8H2,1H3. The van der Waals surface area contributed by atoms with Crippen molar-refractivity contribution in [2.75, 3.05) is 32.8 Å². The summed E-state index contributed by atoms with van der Waals surface area (Å²) in [4.78, 5) is 26.8. The first-order valence-electron chi connectivity index (χ1n) is 5.92. The molecule has 0 aromatic rings. The highest BCUT2D eigenvalue weighted by atomic mass is 16.5. The smallest absolute Gasteiger partial charge is 0.397 e. The van der Waals surface area contributed by atoms with E-state index in [1.807, 2.05) is 0 Å². The lowest BCUT2D eigenvalue weighted by molar-refractivity contribution is -0.160. The first-order chi connectivity index (χ1) is 7.72. The number of ether oxygens (including phenoxy) is 1. The van der Waals surface area contributed by atoms with E-state index in [0.29, 0.717) is 13.1 Å². The molecule has 5 heteroatoms. The van der Waals surface area contributed by atoms with E-state index in [0.717, 1.165) is 19.1 Å². The van der Waals surface area contributed by atoms with Gasteiger partial charge in [-0.2, -0.15) is 0 Å². The molecule has 1 amide bonds. The van der Waals surface area contributed by atoms with Gasteiger partial charge in [0.05, 0.1) is 6.61 Å². The lowest BCUT2D eigenvalue weighted by Crippen LogP contribution is -2.51. The van der Waals surface area contributed by atoms with E-state index in [4.69, 9.17) is 4.74 Å². The Morgan fingerprint density at radius 1 is 1.19 bits per heavy atom. The molecular formula is C11H18N2O3. The van der Waals surface area contributed by atoms with Crippen LogP contribution in [-0.4, -0.2) is 60.5 Å². The van der Waals surface area contributed by atoms with Crippen LogP contribution in [0.3, 0.4) is 0 Å². The van der Waals surface area contributed by atoms with Crippen molar-refractivity contribution in [3.05, 3.63) is 0 Å². The molecule has 1 saturated carbocycles. The van der Waals surface area contributed by atoms with Crippen LogP contribution in [-0.2, 0) is 14.3 Å². The zero-order valence-corrected chi connectivity index (χ0v) is 9.65. The Morgan fingerprint density at radius 2 is 1.81 bits per heavy atom. The second-order valence-corrected chi connectivity index (χ2v) is 4.28. The highest BCUT2D eigenvalue weighted by molar-refractivity contribution is 6.32. The summed E-state index contributed by atoms with van der Waals surface area (Å²) in [6, 6.07) is 0.736. The molecule has 2 rings (SSSR count). The van der Waals surface area contributed by atoms with Gasteiger partial charge in [-0.25, -0.2) is 4.79 Å². The van der Waals surface area contributed by atoms with E-state index in [-0.39, 0.29) is 6.61 Å². The van der Waals surface area contributed by atoms with Crippen molar-refractivity contribution in [3.63, 3.8) is 0 Å². The molecule has 16 heavy (non-hydrogen) atoms. The maximum Gasteiger partial charge on any atom is 0.397 e. The zero-order chi connectivity index (χ0) is 11.5. The van der Waals surface area contributed by atoms with Gasteiger partial charge in [0.1, 0.15) is 0 Å². The van der Waals surface area contributed by atoms with E-state index in [9.17, 15) is 9.59 Å². The molecular weight excluding hydrogens is 208 g/mol. The third-order valence-corrected chi connectivity index (χ3v) is 3.11. The van der Waals surface area contributed by atoms with Crippen LogP contribution in [0.2, 0.25) is 0 Å². The number of rotatable bonds is 2. The van der Waals surface area contributed by atoms with Crippen LogP contribution in [0.5, 0.6) is 0 Å². The van der Waals surface area contributed by atoms with Crippen molar-refractivity contribution in [2.24, 2.45) is 0 Å². The van der Waals surface area contributed by atoms with E-state index < -0.39 is 11.9 Å². The first kappa shape index (κ1) is 11.4. The Balaban J connectivity index is 1.78. The minimum Gasteiger partial charge on any atom is -0.459 e. The number of carbonyl (C=O) groups excluding carboxylic acids is 2. The topological polar surface area (TPSA) is 49.9 Å². The third-order valence-electron chi connectivity index (χ3n) is 3.11. The summed E-state index contributed by atoms with van der Waals surface area (Å²) in [5.41, 5.74) is 0. The van der Waals surface area contributed by atoms with Crippen molar-refractivity contribution in [1.82, 2.24) is 9.80 Å². The summed E-state index contributed by atoms with van der Waals surface area (Å²) < 4.78 is 4.70. The molecule has 0 spiro atoms. The fraction of sp³-hybridized carbons (Fsp3) is 0.818. The van der Waals surface area contributed by atoms with Crippen molar-refractivity contribution >= 4 is 11.9 Å². The van der Waals surface area contributed by atoms with Crippen molar-refractivity contribution in [2.45, 2.75) is 25.8 Å². The lowest BCUT2D eigenvalue weighted by Gasteiger charge is -2.34. The van der Waals surface area contributed by atoms with Gasteiger partial charge in [-0.05, 0) is 19.8 Å². The van der Waals surface area contributed by atoms with Crippen molar-refractivity contribution in [3.8, 4) is 0 Å². The molecule has 0 bridgehead atoms. The van der Waals surface area contributed by atoms with E-state index >= 15 is 0 Å². The van der Waals surface area contributed by atoms with Crippen LogP contribution in [0, 0.1) is 0 Å². The number of hydrogen-bond donors (Lipinski definition) is 0. The van der Waals surface area contributed by atoms with Crippen LogP contribution in [0.1, 0.15) is 19.8 Å². The third kappa shape index (κ3) is 2.52. The Kier molecular flexibility index (Phi) is 3.43. The average molecular weight is 226 g/mol. The predicted octanol–water partition coefficient (Wildman–Crippen LogP) is -0.144. The average Bonchev–Trinajstić information content (AvgIpc) is 3.12. The summed E-state index contributed by atoms with van der Waals surface area (Å²) in [6.45, 7) is 5.02. The Morgan fingerprint density at radius 3 is 2.31 bits per heavy atom. The van der Waals surface area contributed by atoms with Gasteiger partial charge in [0.25, 0.3) is 0 Å². The fourth-order valence-electron chi connectivity index (χ4n) is 2.05. The van der Waals surface area contributed by atoms with Gasteiger partial charge in [-0.1, -0.05) is 0 Å². The lowest BCUT2D eigenvalue weighted by atomic mass is 10.3. The second kappa shape index (κ2) is 4.82. The molecule has 0 unspecified atom stereocenters.